The molecule has 0 spiro atoms. The maximum Gasteiger partial charge on any atom is 0.291 e. The summed E-state index contributed by atoms with van der Waals surface area (Å²) in [5.41, 5.74) is 4.42. The summed E-state index contributed by atoms with van der Waals surface area (Å²) in [6.07, 6.45) is 3.32. The van der Waals surface area contributed by atoms with Gasteiger partial charge < -0.3 is 4.90 Å². The first-order chi connectivity index (χ1) is 16.5. The summed E-state index contributed by atoms with van der Waals surface area (Å²) in [6, 6.07) is 17.4. The predicted octanol–water partition coefficient (Wildman–Crippen LogP) is 3.75. The minimum Gasteiger partial charge on any atom is -0.303 e. The molecule has 9 heteroatoms. The molecule has 0 bridgehead atoms. The van der Waals surface area contributed by atoms with Gasteiger partial charge in [0.2, 0.25) is 4.96 Å². The Labute approximate surface area is 206 Å². The molecule has 0 atom stereocenters. The van der Waals surface area contributed by atoms with E-state index in [2.05, 4.69) is 31.0 Å². The van der Waals surface area contributed by atoms with Crippen molar-refractivity contribution in [1.82, 2.24) is 19.6 Å². The number of carbonyl (C=O) groups excluding carboxylic acids is 1. The highest BCUT2D eigenvalue weighted by molar-refractivity contribution is 9.10. The van der Waals surface area contributed by atoms with E-state index in [1.54, 1.807) is 23.4 Å². The molecule has 2 aromatic carbocycles. The number of aromatic nitrogens is 4. The molecule has 1 aliphatic heterocycles. The van der Waals surface area contributed by atoms with Gasteiger partial charge in [0, 0.05) is 28.0 Å². The first-order valence-electron chi connectivity index (χ1n) is 10.5. The molecule has 0 aliphatic carbocycles. The summed E-state index contributed by atoms with van der Waals surface area (Å²) < 4.78 is 2.44. The Bertz CT molecular complexity index is 1690. The zero-order valence-electron chi connectivity index (χ0n) is 17.9. The van der Waals surface area contributed by atoms with Gasteiger partial charge in [-0.3, -0.25) is 14.6 Å². The third-order valence-corrected chi connectivity index (χ3v) is 7.27. The molecular weight excluding hydrogens is 514 g/mol. The molecule has 4 heterocycles. The Morgan fingerprint density at radius 2 is 1.88 bits per heavy atom. The molecule has 1 aliphatic rings. The molecule has 5 aromatic rings. The Morgan fingerprint density at radius 3 is 2.62 bits per heavy atom. The Morgan fingerprint density at radius 1 is 1.06 bits per heavy atom. The SMILES string of the molecule is Cc1ccc(CN2C(=O)/C(=c3\sc4nc(-c5cccnc5)nn4c3=O)c3cc(Br)ccc32)cc1. The molecule has 166 valence electrons. The number of aryl methyl sites for hydroxylation is 1. The number of rotatable bonds is 3. The fourth-order valence-corrected chi connectivity index (χ4v) is 5.42. The van der Waals surface area contributed by atoms with Gasteiger partial charge >= 0.3 is 0 Å². The summed E-state index contributed by atoms with van der Waals surface area (Å²) in [6.45, 7) is 2.44. The van der Waals surface area contributed by atoms with Crippen LogP contribution in [0.4, 0.5) is 5.69 Å². The minimum atomic E-state index is -0.353. The van der Waals surface area contributed by atoms with Crippen molar-refractivity contribution in [2.24, 2.45) is 0 Å². The molecule has 7 nitrogen and oxygen atoms in total. The van der Waals surface area contributed by atoms with Crippen molar-refractivity contribution in [3.8, 4) is 11.4 Å². The Balaban J connectivity index is 1.51. The fourth-order valence-electron chi connectivity index (χ4n) is 4.06. The number of thiazole rings is 1. The van der Waals surface area contributed by atoms with Crippen molar-refractivity contribution in [2.75, 3.05) is 4.90 Å². The van der Waals surface area contributed by atoms with E-state index in [1.807, 2.05) is 55.5 Å². The van der Waals surface area contributed by atoms with Crippen LogP contribution in [-0.2, 0) is 11.3 Å². The number of pyridine rings is 1. The van der Waals surface area contributed by atoms with Crippen LogP contribution in [0.1, 0.15) is 16.7 Å². The van der Waals surface area contributed by atoms with Crippen molar-refractivity contribution in [1.29, 1.82) is 0 Å². The van der Waals surface area contributed by atoms with Gasteiger partial charge in [0.25, 0.3) is 11.5 Å². The van der Waals surface area contributed by atoms with Gasteiger partial charge in [-0.2, -0.15) is 9.50 Å². The van der Waals surface area contributed by atoms with E-state index in [9.17, 15) is 9.59 Å². The second-order valence-corrected chi connectivity index (χ2v) is 9.91. The van der Waals surface area contributed by atoms with E-state index >= 15 is 0 Å². The average Bonchev–Trinajstić information content (AvgIpc) is 3.47. The highest BCUT2D eigenvalue weighted by Gasteiger charge is 2.34. The summed E-state index contributed by atoms with van der Waals surface area (Å²) in [5.74, 6) is 0.220. The molecule has 34 heavy (non-hydrogen) atoms. The molecular formula is C25H16BrN5O2S. The van der Waals surface area contributed by atoms with Crippen molar-refractivity contribution in [3.63, 3.8) is 0 Å². The van der Waals surface area contributed by atoms with Crippen LogP contribution in [0, 0.1) is 6.92 Å². The zero-order valence-corrected chi connectivity index (χ0v) is 20.3. The lowest BCUT2D eigenvalue weighted by Gasteiger charge is -2.17. The maximum atomic E-state index is 13.7. The van der Waals surface area contributed by atoms with Gasteiger partial charge in [0.15, 0.2) is 5.82 Å². The number of anilines is 1. The van der Waals surface area contributed by atoms with Gasteiger partial charge in [-0.25, -0.2) is 0 Å². The lowest BCUT2D eigenvalue weighted by Crippen LogP contribution is -2.32. The van der Waals surface area contributed by atoms with Crippen LogP contribution >= 0.6 is 27.3 Å². The summed E-state index contributed by atoms with van der Waals surface area (Å²) in [7, 11) is 0. The van der Waals surface area contributed by atoms with Crippen molar-refractivity contribution < 1.29 is 4.79 Å². The normalized spacial score (nSPS) is 14.8. The molecule has 0 unspecified atom stereocenters. The van der Waals surface area contributed by atoms with Crippen molar-refractivity contribution >= 4 is 49.4 Å². The van der Waals surface area contributed by atoms with Gasteiger partial charge in [-0.1, -0.05) is 57.1 Å². The first-order valence-corrected chi connectivity index (χ1v) is 12.1. The highest BCUT2D eigenvalue weighted by atomic mass is 79.9. The molecule has 1 amide bonds. The van der Waals surface area contributed by atoms with Crippen LogP contribution in [0.25, 0.3) is 21.9 Å². The largest absolute Gasteiger partial charge is 0.303 e. The molecule has 3 aromatic heterocycles. The van der Waals surface area contributed by atoms with Crippen LogP contribution in [0.15, 0.2) is 76.3 Å². The zero-order chi connectivity index (χ0) is 23.4. The van der Waals surface area contributed by atoms with Crippen LogP contribution < -0.4 is 15.0 Å². The van der Waals surface area contributed by atoms with E-state index in [0.717, 1.165) is 32.4 Å². The lowest BCUT2D eigenvalue weighted by atomic mass is 10.1. The van der Waals surface area contributed by atoms with Crippen molar-refractivity contribution in [2.45, 2.75) is 13.5 Å². The quantitative estimate of drug-likeness (QED) is 0.355. The van der Waals surface area contributed by atoms with Crippen LogP contribution in [0.5, 0.6) is 0 Å². The van der Waals surface area contributed by atoms with Gasteiger partial charge in [0.05, 0.1) is 17.8 Å². The topological polar surface area (TPSA) is 80.5 Å². The smallest absolute Gasteiger partial charge is 0.291 e. The number of benzene rings is 2. The standard InChI is InChI=1S/C25H16BrN5O2S/c1-14-4-6-15(7-5-14)13-30-19-9-8-17(26)11-18(19)20(23(30)32)21-24(33)31-25(34-21)28-22(29-31)16-3-2-10-27-12-16/h2-12H,13H2,1H3/b21-20-. The second-order valence-electron chi connectivity index (χ2n) is 8.02. The molecule has 0 N–H and O–H groups in total. The number of halogens is 1. The number of carbonyl (C=O) groups is 1. The molecule has 0 saturated heterocycles. The third kappa shape index (κ3) is 3.36. The van der Waals surface area contributed by atoms with E-state index in [4.69, 9.17) is 0 Å². The summed E-state index contributed by atoms with van der Waals surface area (Å²) in [4.78, 5) is 37.8. The number of nitrogens with zero attached hydrogens (tertiary/aromatic N) is 5. The summed E-state index contributed by atoms with van der Waals surface area (Å²) >= 11 is 4.68. The van der Waals surface area contributed by atoms with Gasteiger partial charge in [0.1, 0.15) is 4.53 Å². The predicted molar refractivity (Wildman–Crippen MR) is 135 cm³/mol. The fraction of sp³-hybridized carbons (Fsp3) is 0.0800. The van der Waals surface area contributed by atoms with E-state index < -0.39 is 0 Å². The van der Waals surface area contributed by atoms with Crippen LogP contribution in [-0.4, -0.2) is 25.5 Å². The molecule has 0 fully saturated rings. The highest BCUT2D eigenvalue weighted by Crippen LogP contribution is 2.38. The van der Waals surface area contributed by atoms with E-state index in [-0.39, 0.29) is 11.5 Å². The number of hydrogen-bond donors (Lipinski definition) is 0. The third-order valence-electron chi connectivity index (χ3n) is 5.74. The maximum absolute atomic E-state index is 13.7. The van der Waals surface area contributed by atoms with Gasteiger partial charge in [-0.05, 0) is 42.8 Å². The van der Waals surface area contributed by atoms with Gasteiger partial charge in [-0.15, -0.1) is 5.10 Å². The van der Waals surface area contributed by atoms with E-state index in [0.29, 0.717) is 27.4 Å². The molecule has 6 rings (SSSR count). The number of fused-ring (bicyclic) bond motifs is 2. The molecule has 0 saturated carbocycles. The second kappa shape index (κ2) is 7.96. The molecule has 0 radical (unpaired) electrons. The number of amides is 1. The Hall–Kier alpha value is -3.69. The van der Waals surface area contributed by atoms with E-state index in [1.165, 1.54) is 15.9 Å². The average molecular weight is 530 g/mol. The van der Waals surface area contributed by atoms with Crippen LogP contribution in [0.3, 0.4) is 0 Å². The lowest BCUT2D eigenvalue weighted by molar-refractivity contribution is -0.113. The Kier molecular flexibility index (Phi) is 4.89. The van der Waals surface area contributed by atoms with Crippen LogP contribution in [0.2, 0.25) is 0 Å². The summed E-state index contributed by atoms with van der Waals surface area (Å²) in [5, 5.41) is 4.38. The monoisotopic (exact) mass is 529 g/mol. The minimum absolute atomic E-state index is 0.206. The number of hydrogen-bond acceptors (Lipinski definition) is 6. The van der Waals surface area contributed by atoms with Crippen molar-refractivity contribution in [3.05, 3.63) is 103 Å². The first kappa shape index (κ1) is 20.9.